The average Bonchev–Trinajstić information content (AvgIpc) is 2.88. The second-order valence-corrected chi connectivity index (χ2v) is 6.42. The number of hydrogen-bond donors (Lipinski definition) is 1. The zero-order valence-corrected chi connectivity index (χ0v) is 12.9. The third kappa shape index (κ3) is 2.81. The van der Waals surface area contributed by atoms with E-state index in [9.17, 15) is 0 Å². The van der Waals surface area contributed by atoms with Gasteiger partial charge in [-0.1, -0.05) is 6.07 Å². The molecule has 0 aliphatic carbocycles. The van der Waals surface area contributed by atoms with Gasteiger partial charge in [0.15, 0.2) is 0 Å². The highest BCUT2D eigenvalue weighted by Crippen LogP contribution is 2.30. The summed E-state index contributed by atoms with van der Waals surface area (Å²) < 4.78 is 6.34. The van der Waals surface area contributed by atoms with Crippen LogP contribution in [-0.4, -0.2) is 37.7 Å². The molecule has 1 aromatic rings. The Balaban J connectivity index is 1.72. The maximum absolute atomic E-state index is 5.29. The molecule has 104 valence electrons. The van der Waals surface area contributed by atoms with E-state index in [2.05, 4.69) is 38.3 Å². The van der Waals surface area contributed by atoms with E-state index in [4.69, 9.17) is 4.74 Å². The van der Waals surface area contributed by atoms with Gasteiger partial charge in [-0.2, -0.15) is 0 Å². The number of fused-ring (bicyclic) bond motifs is 1. The molecule has 3 rings (SSSR count). The molecule has 0 aromatic heterocycles. The molecular weight excluding hydrogens is 304 g/mol. The summed E-state index contributed by atoms with van der Waals surface area (Å²) in [5, 5.41) is 3.54. The van der Waals surface area contributed by atoms with Gasteiger partial charge in [-0.05, 0) is 65.5 Å². The molecule has 1 N–H and O–H groups in total. The first kappa shape index (κ1) is 13.4. The molecule has 0 bridgehead atoms. The van der Waals surface area contributed by atoms with Crippen LogP contribution in [0.5, 0.6) is 5.75 Å². The lowest BCUT2D eigenvalue weighted by molar-refractivity contribution is 0.117. The summed E-state index contributed by atoms with van der Waals surface area (Å²) in [6, 6.07) is 7.14. The average molecular weight is 325 g/mol. The smallest absolute Gasteiger partial charge is 0.133 e. The first-order valence-corrected chi connectivity index (χ1v) is 7.84. The van der Waals surface area contributed by atoms with Crippen LogP contribution in [0.3, 0.4) is 0 Å². The Kier molecular flexibility index (Phi) is 4.10. The lowest BCUT2D eigenvalue weighted by atomic mass is 9.91. The fourth-order valence-corrected chi connectivity index (χ4v) is 3.99. The Hall–Kier alpha value is -0.580. The third-order valence-electron chi connectivity index (χ3n) is 4.40. The SMILES string of the molecule is COc1ccc(CN2CCCC3CNCC32)cc1Br. The van der Waals surface area contributed by atoms with Crippen LogP contribution in [0.2, 0.25) is 0 Å². The van der Waals surface area contributed by atoms with Gasteiger partial charge in [0.2, 0.25) is 0 Å². The Labute approximate surface area is 123 Å². The fourth-order valence-electron chi connectivity index (χ4n) is 3.40. The van der Waals surface area contributed by atoms with Crippen molar-refractivity contribution in [1.29, 1.82) is 0 Å². The largest absolute Gasteiger partial charge is 0.496 e. The molecule has 0 spiro atoms. The molecule has 1 aromatic carbocycles. The predicted molar refractivity (Wildman–Crippen MR) is 80.5 cm³/mol. The van der Waals surface area contributed by atoms with Crippen molar-refractivity contribution in [3.8, 4) is 5.75 Å². The van der Waals surface area contributed by atoms with Gasteiger partial charge in [0.1, 0.15) is 5.75 Å². The van der Waals surface area contributed by atoms with Crippen molar-refractivity contribution < 1.29 is 4.74 Å². The molecule has 2 fully saturated rings. The number of rotatable bonds is 3. The van der Waals surface area contributed by atoms with Gasteiger partial charge in [-0.25, -0.2) is 0 Å². The molecule has 2 unspecified atom stereocenters. The zero-order chi connectivity index (χ0) is 13.2. The quantitative estimate of drug-likeness (QED) is 0.925. The Morgan fingerprint density at radius 2 is 2.32 bits per heavy atom. The van der Waals surface area contributed by atoms with Gasteiger partial charge in [-0.3, -0.25) is 4.90 Å². The maximum Gasteiger partial charge on any atom is 0.133 e. The number of halogens is 1. The highest BCUT2D eigenvalue weighted by molar-refractivity contribution is 9.10. The number of likely N-dealkylation sites (tertiary alicyclic amines) is 1. The van der Waals surface area contributed by atoms with E-state index in [1.807, 2.05) is 6.07 Å². The zero-order valence-electron chi connectivity index (χ0n) is 11.4. The number of nitrogens with zero attached hydrogens (tertiary/aromatic N) is 1. The molecule has 2 atom stereocenters. The van der Waals surface area contributed by atoms with E-state index >= 15 is 0 Å². The standard InChI is InChI=1S/C15H21BrN2O/c1-19-15-5-4-11(7-13(15)16)10-18-6-2-3-12-8-17-9-14(12)18/h4-5,7,12,14,17H,2-3,6,8-10H2,1H3. The second kappa shape index (κ2) is 5.81. The van der Waals surface area contributed by atoms with E-state index in [-0.39, 0.29) is 0 Å². The minimum atomic E-state index is 0.731. The summed E-state index contributed by atoms with van der Waals surface area (Å²) in [4.78, 5) is 2.64. The Morgan fingerprint density at radius 1 is 1.42 bits per heavy atom. The normalized spacial score (nSPS) is 27.3. The number of benzene rings is 1. The van der Waals surface area contributed by atoms with Crippen molar-refractivity contribution in [2.24, 2.45) is 5.92 Å². The summed E-state index contributed by atoms with van der Waals surface area (Å²) in [6.45, 7) is 4.63. The van der Waals surface area contributed by atoms with Gasteiger partial charge in [0.05, 0.1) is 11.6 Å². The van der Waals surface area contributed by atoms with E-state index < -0.39 is 0 Å². The Bertz CT molecular complexity index is 452. The molecule has 2 aliphatic heterocycles. The molecule has 2 heterocycles. The highest BCUT2D eigenvalue weighted by Gasteiger charge is 2.34. The summed E-state index contributed by atoms with van der Waals surface area (Å²) in [7, 11) is 1.71. The summed E-state index contributed by atoms with van der Waals surface area (Å²) in [5.74, 6) is 1.76. The second-order valence-electron chi connectivity index (χ2n) is 5.57. The van der Waals surface area contributed by atoms with Crippen molar-refractivity contribution in [1.82, 2.24) is 10.2 Å². The van der Waals surface area contributed by atoms with Crippen LogP contribution in [0.25, 0.3) is 0 Å². The van der Waals surface area contributed by atoms with Crippen LogP contribution in [0, 0.1) is 5.92 Å². The Morgan fingerprint density at radius 3 is 3.11 bits per heavy atom. The number of nitrogens with one attached hydrogen (secondary N) is 1. The van der Waals surface area contributed by atoms with Gasteiger partial charge >= 0.3 is 0 Å². The monoisotopic (exact) mass is 324 g/mol. The van der Waals surface area contributed by atoms with E-state index in [0.717, 1.165) is 35.3 Å². The van der Waals surface area contributed by atoms with Crippen LogP contribution >= 0.6 is 15.9 Å². The van der Waals surface area contributed by atoms with Crippen molar-refractivity contribution >= 4 is 15.9 Å². The molecule has 4 heteroatoms. The summed E-state index contributed by atoms with van der Waals surface area (Å²) in [5.41, 5.74) is 1.36. The number of hydrogen-bond acceptors (Lipinski definition) is 3. The summed E-state index contributed by atoms with van der Waals surface area (Å²) in [6.07, 6.45) is 2.72. The lowest BCUT2D eigenvalue weighted by Crippen LogP contribution is -2.44. The molecule has 2 saturated heterocycles. The molecular formula is C15H21BrN2O. The van der Waals surface area contributed by atoms with Gasteiger partial charge in [0, 0.05) is 19.1 Å². The number of ether oxygens (including phenoxy) is 1. The molecule has 2 aliphatic rings. The lowest BCUT2D eigenvalue weighted by Gasteiger charge is -2.37. The first-order valence-electron chi connectivity index (χ1n) is 7.05. The van der Waals surface area contributed by atoms with Crippen LogP contribution in [0.15, 0.2) is 22.7 Å². The van der Waals surface area contributed by atoms with Gasteiger partial charge in [0.25, 0.3) is 0 Å². The fraction of sp³-hybridized carbons (Fsp3) is 0.600. The molecule has 0 amide bonds. The molecule has 19 heavy (non-hydrogen) atoms. The van der Waals surface area contributed by atoms with Crippen LogP contribution in [-0.2, 0) is 6.54 Å². The van der Waals surface area contributed by atoms with E-state index in [0.29, 0.717) is 0 Å². The summed E-state index contributed by atoms with van der Waals surface area (Å²) >= 11 is 3.57. The number of piperidine rings is 1. The minimum Gasteiger partial charge on any atom is -0.496 e. The van der Waals surface area contributed by atoms with Crippen LogP contribution in [0.4, 0.5) is 0 Å². The van der Waals surface area contributed by atoms with Gasteiger partial charge < -0.3 is 10.1 Å². The van der Waals surface area contributed by atoms with E-state index in [1.54, 1.807) is 7.11 Å². The molecule has 3 nitrogen and oxygen atoms in total. The molecule has 0 saturated carbocycles. The van der Waals surface area contributed by atoms with Crippen molar-refractivity contribution in [3.05, 3.63) is 28.2 Å². The third-order valence-corrected chi connectivity index (χ3v) is 5.01. The van der Waals surface area contributed by atoms with E-state index in [1.165, 1.54) is 31.5 Å². The highest BCUT2D eigenvalue weighted by atomic mass is 79.9. The van der Waals surface area contributed by atoms with Crippen LogP contribution in [0.1, 0.15) is 18.4 Å². The maximum atomic E-state index is 5.29. The van der Waals surface area contributed by atoms with Gasteiger partial charge in [-0.15, -0.1) is 0 Å². The topological polar surface area (TPSA) is 24.5 Å². The first-order chi connectivity index (χ1) is 9.28. The number of methoxy groups -OCH3 is 1. The predicted octanol–water partition coefficient (Wildman–Crippen LogP) is 2.64. The van der Waals surface area contributed by atoms with Crippen molar-refractivity contribution in [2.45, 2.75) is 25.4 Å². The minimum absolute atomic E-state index is 0.731. The molecule has 0 radical (unpaired) electrons. The van der Waals surface area contributed by atoms with Crippen molar-refractivity contribution in [2.75, 3.05) is 26.7 Å². The van der Waals surface area contributed by atoms with Crippen LogP contribution < -0.4 is 10.1 Å². The van der Waals surface area contributed by atoms with Crippen molar-refractivity contribution in [3.63, 3.8) is 0 Å².